The molecule has 2 heterocycles. The molecule has 1 aliphatic carbocycles. The van der Waals surface area contributed by atoms with Crippen molar-refractivity contribution in [1.82, 2.24) is 15.2 Å². The highest BCUT2D eigenvalue weighted by molar-refractivity contribution is 6.30. The molecular weight excluding hydrogens is 398 g/mol. The number of piperidine rings is 1. The Hall–Kier alpha value is -1.85. The SMILES string of the molecule is Cc1oc(-c2ccc(Cl)cc2)nc1CN1CCC(C(=O)N[C@H]2CCCC[C@@H]2C)CC1. The average Bonchev–Trinajstić information content (AvgIpc) is 3.11. The van der Waals surface area contributed by atoms with Gasteiger partial charge in [-0.3, -0.25) is 9.69 Å². The Morgan fingerprint density at radius 2 is 1.87 bits per heavy atom. The van der Waals surface area contributed by atoms with Crippen molar-refractivity contribution in [3.05, 3.63) is 40.7 Å². The molecule has 1 N–H and O–H groups in total. The number of oxazole rings is 1. The van der Waals surface area contributed by atoms with E-state index in [1.807, 2.05) is 31.2 Å². The van der Waals surface area contributed by atoms with Gasteiger partial charge in [-0.15, -0.1) is 0 Å². The summed E-state index contributed by atoms with van der Waals surface area (Å²) in [6.45, 7) is 6.83. The van der Waals surface area contributed by atoms with Crippen LogP contribution in [0.1, 0.15) is 56.9 Å². The Morgan fingerprint density at radius 1 is 1.17 bits per heavy atom. The minimum atomic E-state index is 0.137. The lowest BCUT2D eigenvalue weighted by Crippen LogP contribution is -2.46. The van der Waals surface area contributed by atoms with Gasteiger partial charge < -0.3 is 9.73 Å². The number of halogens is 1. The zero-order chi connectivity index (χ0) is 21.1. The Morgan fingerprint density at radius 3 is 2.57 bits per heavy atom. The van der Waals surface area contributed by atoms with Crippen LogP contribution in [0.5, 0.6) is 0 Å². The van der Waals surface area contributed by atoms with Crippen LogP contribution in [0.15, 0.2) is 28.7 Å². The Kier molecular flexibility index (Phi) is 6.79. The zero-order valence-corrected chi connectivity index (χ0v) is 18.8. The molecule has 4 rings (SSSR count). The highest BCUT2D eigenvalue weighted by atomic mass is 35.5. The van der Waals surface area contributed by atoms with Gasteiger partial charge in [0.2, 0.25) is 11.8 Å². The van der Waals surface area contributed by atoms with E-state index in [-0.39, 0.29) is 11.8 Å². The lowest BCUT2D eigenvalue weighted by molar-refractivity contribution is -0.127. The first-order chi connectivity index (χ1) is 14.5. The summed E-state index contributed by atoms with van der Waals surface area (Å²) in [5.74, 6) is 2.49. The number of benzene rings is 1. The summed E-state index contributed by atoms with van der Waals surface area (Å²) in [4.78, 5) is 19.8. The van der Waals surface area contributed by atoms with Crippen molar-refractivity contribution >= 4 is 17.5 Å². The monoisotopic (exact) mass is 429 g/mol. The van der Waals surface area contributed by atoms with Crippen molar-refractivity contribution < 1.29 is 9.21 Å². The summed E-state index contributed by atoms with van der Waals surface area (Å²) in [6.07, 6.45) is 6.73. The van der Waals surface area contributed by atoms with Crippen LogP contribution >= 0.6 is 11.6 Å². The van der Waals surface area contributed by atoms with E-state index in [1.165, 1.54) is 19.3 Å². The minimum absolute atomic E-state index is 0.137. The summed E-state index contributed by atoms with van der Waals surface area (Å²) in [5, 5.41) is 4.04. The summed E-state index contributed by atoms with van der Waals surface area (Å²) in [6, 6.07) is 7.91. The fourth-order valence-electron chi connectivity index (χ4n) is 4.69. The standard InChI is InChI=1S/C24H32ClN3O2/c1-16-5-3-4-6-21(16)26-23(29)18-11-13-28(14-12-18)15-22-17(2)30-24(27-22)19-7-9-20(25)10-8-19/h7-10,16,18,21H,3-6,11-15H2,1-2H3,(H,26,29)/t16-,21-/m0/s1. The number of hydrogen-bond acceptors (Lipinski definition) is 4. The van der Waals surface area contributed by atoms with Crippen LogP contribution in [0.3, 0.4) is 0 Å². The molecule has 0 bridgehead atoms. The summed E-state index contributed by atoms with van der Waals surface area (Å²) in [5.41, 5.74) is 1.90. The fourth-order valence-corrected chi connectivity index (χ4v) is 4.81. The van der Waals surface area contributed by atoms with Gasteiger partial charge in [-0.05, 0) is 75.9 Å². The molecule has 1 amide bonds. The molecule has 1 saturated heterocycles. The van der Waals surface area contributed by atoms with Crippen molar-refractivity contribution in [2.24, 2.45) is 11.8 Å². The summed E-state index contributed by atoms with van der Waals surface area (Å²) >= 11 is 5.97. The molecule has 0 spiro atoms. The fraction of sp³-hybridized carbons (Fsp3) is 0.583. The number of aromatic nitrogens is 1. The van der Waals surface area contributed by atoms with E-state index in [1.54, 1.807) is 0 Å². The Labute approximate surface area is 184 Å². The molecule has 5 nitrogen and oxygen atoms in total. The second-order valence-corrected chi connectivity index (χ2v) is 9.39. The van der Waals surface area contributed by atoms with Gasteiger partial charge in [-0.1, -0.05) is 31.4 Å². The van der Waals surface area contributed by atoms with E-state index in [2.05, 4.69) is 17.1 Å². The van der Waals surface area contributed by atoms with E-state index in [0.717, 1.165) is 55.9 Å². The first-order valence-corrected chi connectivity index (χ1v) is 11.6. The lowest BCUT2D eigenvalue weighted by atomic mass is 9.85. The summed E-state index contributed by atoms with van der Waals surface area (Å²) < 4.78 is 5.89. The molecule has 1 aromatic carbocycles. The van der Waals surface area contributed by atoms with Gasteiger partial charge in [0.05, 0.1) is 5.69 Å². The predicted molar refractivity (Wildman–Crippen MR) is 119 cm³/mol. The van der Waals surface area contributed by atoms with Gasteiger partial charge in [0, 0.05) is 29.1 Å². The third-order valence-electron chi connectivity index (χ3n) is 6.75. The van der Waals surface area contributed by atoms with Gasteiger partial charge in [-0.25, -0.2) is 4.98 Å². The highest BCUT2D eigenvalue weighted by Gasteiger charge is 2.29. The van der Waals surface area contributed by atoms with Crippen LogP contribution in [0.25, 0.3) is 11.5 Å². The number of nitrogens with one attached hydrogen (secondary N) is 1. The molecule has 1 aliphatic heterocycles. The van der Waals surface area contributed by atoms with Crippen molar-refractivity contribution in [2.45, 2.75) is 65.0 Å². The molecular formula is C24H32ClN3O2. The van der Waals surface area contributed by atoms with Gasteiger partial charge in [0.25, 0.3) is 0 Å². The molecule has 1 saturated carbocycles. The second kappa shape index (κ2) is 9.52. The van der Waals surface area contributed by atoms with Gasteiger partial charge in [0.15, 0.2) is 0 Å². The van der Waals surface area contributed by atoms with Crippen LogP contribution in [0.2, 0.25) is 5.02 Å². The molecule has 2 fully saturated rings. The average molecular weight is 430 g/mol. The predicted octanol–water partition coefficient (Wildman–Crippen LogP) is 5.21. The second-order valence-electron chi connectivity index (χ2n) is 8.96. The van der Waals surface area contributed by atoms with Crippen molar-refractivity contribution in [2.75, 3.05) is 13.1 Å². The number of carbonyl (C=O) groups excluding carboxylic acids is 1. The molecule has 0 radical (unpaired) electrons. The van der Waals surface area contributed by atoms with Gasteiger partial charge in [-0.2, -0.15) is 0 Å². The highest BCUT2D eigenvalue weighted by Crippen LogP contribution is 2.27. The Bertz CT molecular complexity index is 856. The largest absolute Gasteiger partial charge is 0.441 e. The molecule has 30 heavy (non-hydrogen) atoms. The molecule has 2 aromatic rings. The number of amides is 1. The van der Waals surface area contributed by atoms with Crippen LogP contribution in [-0.4, -0.2) is 34.9 Å². The van der Waals surface area contributed by atoms with E-state index in [4.69, 9.17) is 21.0 Å². The molecule has 6 heteroatoms. The third kappa shape index (κ3) is 5.06. The van der Waals surface area contributed by atoms with E-state index < -0.39 is 0 Å². The topological polar surface area (TPSA) is 58.4 Å². The van der Waals surface area contributed by atoms with Crippen molar-refractivity contribution in [3.63, 3.8) is 0 Å². The quantitative estimate of drug-likeness (QED) is 0.708. The zero-order valence-electron chi connectivity index (χ0n) is 18.0. The number of carbonyl (C=O) groups is 1. The normalized spacial score (nSPS) is 23.4. The first-order valence-electron chi connectivity index (χ1n) is 11.2. The number of rotatable bonds is 5. The number of hydrogen-bond donors (Lipinski definition) is 1. The summed E-state index contributed by atoms with van der Waals surface area (Å²) in [7, 11) is 0. The van der Waals surface area contributed by atoms with E-state index >= 15 is 0 Å². The number of aryl methyl sites for hydroxylation is 1. The molecule has 2 atom stereocenters. The first kappa shape index (κ1) is 21.4. The van der Waals surface area contributed by atoms with Crippen LogP contribution in [-0.2, 0) is 11.3 Å². The third-order valence-corrected chi connectivity index (χ3v) is 7.01. The van der Waals surface area contributed by atoms with Gasteiger partial charge in [0.1, 0.15) is 5.76 Å². The molecule has 162 valence electrons. The maximum atomic E-state index is 12.7. The van der Waals surface area contributed by atoms with Crippen molar-refractivity contribution in [3.8, 4) is 11.5 Å². The number of nitrogens with zero attached hydrogens (tertiary/aromatic N) is 2. The Balaban J connectivity index is 1.29. The van der Waals surface area contributed by atoms with Crippen LogP contribution in [0.4, 0.5) is 0 Å². The lowest BCUT2D eigenvalue weighted by Gasteiger charge is -2.34. The maximum absolute atomic E-state index is 12.7. The maximum Gasteiger partial charge on any atom is 0.226 e. The van der Waals surface area contributed by atoms with Gasteiger partial charge >= 0.3 is 0 Å². The van der Waals surface area contributed by atoms with Crippen LogP contribution in [0, 0.1) is 18.8 Å². The number of likely N-dealkylation sites (tertiary alicyclic amines) is 1. The van der Waals surface area contributed by atoms with Crippen molar-refractivity contribution in [1.29, 1.82) is 0 Å². The van der Waals surface area contributed by atoms with E-state index in [0.29, 0.717) is 22.9 Å². The molecule has 0 unspecified atom stereocenters. The smallest absolute Gasteiger partial charge is 0.226 e. The van der Waals surface area contributed by atoms with E-state index in [9.17, 15) is 4.79 Å². The molecule has 1 aromatic heterocycles. The van der Waals surface area contributed by atoms with Crippen LogP contribution < -0.4 is 5.32 Å². The molecule has 2 aliphatic rings. The minimum Gasteiger partial charge on any atom is -0.441 e.